The molecular weight excluding hydrogens is 500 g/mol. The van der Waals surface area contributed by atoms with Gasteiger partial charge in [0.05, 0.1) is 0 Å². The SMILES string of the molecule is CC=C(C(=O)O[C@H]1Cc2c(c(Cc3ccnc(N)c3)c3oc(CO)cc(=O)c3c2O)OC1(C)C)C1CCCC1. The number of allylic oxidation sites excluding steroid dienone is 1. The number of carbonyl (C=O) groups excluding carboxylic acids is 1. The van der Waals surface area contributed by atoms with Crippen molar-refractivity contribution < 1.29 is 28.9 Å². The van der Waals surface area contributed by atoms with E-state index in [9.17, 15) is 19.8 Å². The Labute approximate surface area is 226 Å². The first kappa shape index (κ1) is 26.7. The lowest BCUT2D eigenvalue weighted by molar-refractivity contribution is -0.157. The highest BCUT2D eigenvalue weighted by molar-refractivity contribution is 5.91. The van der Waals surface area contributed by atoms with Crippen LogP contribution in [0.25, 0.3) is 11.0 Å². The van der Waals surface area contributed by atoms with E-state index in [1.807, 2.05) is 26.8 Å². The van der Waals surface area contributed by atoms with Gasteiger partial charge in [-0.25, -0.2) is 9.78 Å². The quantitative estimate of drug-likeness (QED) is 0.311. The van der Waals surface area contributed by atoms with Gasteiger partial charge in [0, 0.05) is 41.8 Å². The Balaban J connectivity index is 1.61. The van der Waals surface area contributed by atoms with Crippen molar-refractivity contribution in [2.75, 3.05) is 5.73 Å². The maximum Gasteiger partial charge on any atom is 0.334 e. The molecular formula is C30H34N2O7. The molecule has 1 aliphatic carbocycles. The van der Waals surface area contributed by atoms with Crippen LogP contribution < -0.4 is 15.9 Å². The number of anilines is 1. The Kier molecular flexibility index (Phi) is 7.11. The first-order valence-electron chi connectivity index (χ1n) is 13.3. The first-order valence-corrected chi connectivity index (χ1v) is 13.3. The minimum atomic E-state index is -0.960. The molecule has 5 rings (SSSR count). The van der Waals surface area contributed by atoms with Crippen molar-refractivity contribution in [1.82, 2.24) is 4.98 Å². The van der Waals surface area contributed by atoms with Crippen molar-refractivity contribution in [2.45, 2.75) is 77.6 Å². The Bertz CT molecular complexity index is 1520. The summed E-state index contributed by atoms with van der Waals surface area (Å²) in [6, 6.07) is 4.66. The zero-order valence-electron chi connectivity index (χ0n) is 22.5. The van der Waals surface area contributed by atoms with E-state index in [0.29, 0.717) is 28.3 Å². The molecule has 3 heterocycles. The van der Waals surface area contributed by atoms with Gasteiger partial charge >= 0.3 is 5.97 Å². The van der Waals surface area contributed by atoms with E-state index in [4.69, 9.17) is 19.6 Å². The molecule has 3 aromatic rings. The maximum atomic E-state index is 13.3. The molecule has 2 aliphatic rings. The standard InChI is InChI=1S/C30H34N2O7/c1-4-19(17-7-5-6-8-17)29(36)38-23-14-20-26(35)25-22(34)13-18(15-33)37-28(25)21(27(20)39-30(23,2)3)11-16-9-10-32-24(31)12-16/h4,9-10,12-13,17,23,33,35H,5-8,11,14-15H2,1-3H3,(H2,31,32)/t23-/m0/s1. The number of fused-ring (bicyclic) bond motifs is 2. The van der Waals surface area contributed by atoms with Crippen LogP contribution in [0.4, 0.5) is 5.82 Å². The van der Waals surface area contributed by atoms with Crippen molar-refractivity contribution in [3.8, 4) is 11.5 Å². The third-order valence-electron chi connectivity index (χ3n) is 7.85. The van der Waals surface area contributed by atoms with E-state index in [1.54, 1.807) is 18.3 Å². The van der Waals surface area contributed by atoms with Crippen LogP contribution in [0.2, 0.25) is 0 Å². The number of hydrogen-bond donors (Lipinski definition) is 3. The molecule has 206 valence electrons. The minimum Gasteiger partial charge on any atom is -0.507 e. The van der Waals surface area contributed by atoms with Crippen LogP contribution in [0, 0.1) is 5.92 Å². The molecule has 0 spiro atoms. The van der Waals surface area contributed by atoms with E-state index >= 15 is 0 Å². The molecule has 0 amide bonds. The van der Waals surface area contributed by atoms with Crippen molar-refractivity contribution in [3.63, 3.8) is 0 Å². The van der Waals surface area contributed by atoms with E-state index in [2.05, 4.69) is 4.98 Å². The number of nitrogens with two attached hydrogens (primary N) is 1. The molecule has 2 aromatic heterocycles. The highest BCUT2D eigenvalue weighted by Crippen LogP contribution is 2.47. The number of nitrogen functional groups attached to an aromatic ring is 1. The minimum absolute atomic E-state index is 0.0172. The number of phenolic OH excluding ortho intramolecular Hbond substituents is 1. The smallest absolute Gasteiger partial charge is 0.334 e. The summed E-state index contributed by atoms with van der Waals surface area (Å²) in [6.07, 6.45) is 7.20. The molecule has 0 bridgehead atoms. The number of aromatic hydroxyl groups is 1. The second kappa shape index (κ2) is 10.4. The van der Waals surface area contributed by atoms with Gasteiger partial charge in [-0.3, -0.25) is 4.79 Å². The topological polar surface area (TPSA) is 145 Å². The van der Waals surface area contributed by atoms with Gasteiger partial charge in [0.25, 0.3) is 0 Å². The van der Waals surface area contributed by atoms with Gasteiger partial charge in [0.2, 0.25) is 0 Å². The highest BCUT2D eigenvalue weighted by Gasteiger charge is 2.44. The predicted molar refractivity (Wildman–Crippen MR) is 146 cm³/mol. The van der Waals surface area contributed by atoms with Crippen molar-refractivity contribution in [2.24, 2.45) is 5.92 Å². The molecule has 0 radical (unpaired) electrons. The Morgan fingerprint density at radius 2 is 2.03 bits per heavy atom. The monoisotopic (exact) mass is 534 g/mol. The number of phenols is 1. The van der Waals surface area contributed by atoms with Crippen LogP contribution in [0.3, 0.4) is 0 Å². The van der Waals surface area contributed by atoms with Gasteiger partial charge in [0.1, 0.15) is 52.4 Å². The summed E-state index contributed by atoms with van der Waals surface area (Å²) in [4.78, 5) is 30.4. The lowest BCUT2D eigenvalue weighted by atomic mass is 9.86. The van der Waals surface area contributed by atoms with Crippen LogP contribution in [0.5, 0.6) is 11.5 Å². The summed E-state index contributed by atoms with van der Waals surface area (Å²) in [5, 5.41) is 21.0. The molecule has 1 aliphatic heterocycles. The summed E-state index contributed by atoms with van der Waals surface area (Å²) >= 11 is 0. The summed E-state index contributed by atoms with van der Waals surface area (Å²) in [7, 11) is 0. The molecule has 4 N–H and O–H groups in total. The second-order valence-corrected chi connectivity index (χ2v) is 10.9. The number of nitrogens with zero attached hydrogens (tertiary/aromatic N) is 1. The normalized spacial score (nSPS) is 19.1. The third-order valence-corrected chi connectivity index (χ3v) is 7.85. The summed E-state index contributed by atoms with van der Waals surface area (Å²) in [6.45, 7) is 5.02. The number of aliphatic hydroxyl groups is 1. The number of ether oxygens (including phenoxy) is 2. The van der Waals surface area contributed by atoms with E-state index in [0.717, 1.165) is 37.3 Å². The summed E-state index contributed by atoms with van der Waals surface area (Å²) < 4.78 is 18.4. The molecule has 9 heteroatoms. The molecule has 9 nitrogen and oxygen atoms in total. The Morgan fingerprint density at radius 3 is 2.69 bits per heavy atom. The fourth-order valence-electron chi connectivity index (χ4n) is 5.78. The number of carbonyl (C=O) groups is 1. The molecule has 1 fully saturated rings. The molecule has 1 aromatic carbocycles. The lowest BCUT2D eigenvalue weighted by Crippen LogP contribution is -2.49. The fourth-order valence-corrected chi connectivity index (χ4v) is 5.78. The number of rotatable bonds is 6. The highest BCUT2D eigenvalue weighted by atomic mass is 16.6. The van der Waals surface area contributed by atoms with Crippen LogP contribution in [-0.2, 0) is 29.0 Å². The zero-order chi connectivity index (χ0) is 27.9. The molecule has 1 saturated carbocycles. The largest absolute Gasteiger partial charge is 0.507 e. The maximum absolute atomic E-state index is 13.3. The molecule has 39 heavy (non-hydrogen) atoms. The number of pyridine rings is 1. The molecule has 1 atom stereocenters. The van der Waals surface area contributed by atoms with Gasteiger partial charge in [0.15, 0.2) is 5.43 Å². The van der Waals surface area contributed by atoms with Crippen LogP contribution in [-0.4, -0.2) is 32.9 Å². The number of benzene rings is 1. The number of esters is 1. The molecule has 0 unspecified atom stereocenters. The number of hydrogen-bond acceptors (Lipinski definition) is 9. The van der Waals surface area contributed by atoms with Gasteiger partial charge < -0.3 is 29.8 Å². The van der Waals surface area contributed by atoms with E-state index in [1.165, 1.54) is 0 Å². The number of aliphatic hydroxyl groups excluding tert-OH is 1. The van der Waals surface area contributed by atoms with E-state index < -0.39 is 23.7 Å². The predicted octanol–water partition coefficient (Wildman–Crippen LogP) is 4.32. The lowest BCUT2D eigenvalue weighted by Gasteiger charge is -2.40. The van der Waals surface area contributed by atoms with Crippen molar-refractivity contribution >= 4 is 22.8 Å². The van der Waals surface area contributed by atoms with Gasteiger partial charge in [-0.2, -0.15) is 0 Å². The zero-order valence-corrected chi connectivity index (χ0v) is 22.5. The van der Waals surface area contributed by atoms with Gasteiger partial charge in [-0.1, -0.05) is 18.9 Å². The average molecular weight is 535 g/mol. The number of aromatic nitrogens is 1. The third kappa shape index (κ3) is 4.98. The Hall–Kier alpha value is -3.85. The van der Waals surface area contributed by atoms with Crippen molar-refractivity contribution in [3.05, 3.63) is 68.7 Å². The van der Waals surface area contributed by atoms with Crippen LogP contribution in [0.1, 0.15) is 68.9 Å². The van der Waals surface area contributed by atoms with Crippen LogP contribution in [0.15, 0.2) is 45.3 Å². The molecule has 0 saturated heterocycles. The summed E-state index contributed by atoms with van der Waals surface area (Å²) in [5.74, 6) is 0.272. The van der Waals surface area contributed by atoms with Gasteiger partial charge in [-0.15, -0.1) is 0 Å². The first-order chi connectivity index (χ1) is 18.6. The van der Waals surface area contributed by atoms with Gasteiger partial charge in [-0.05, 0) is 57.2 Å². The Morgan fingerprint density at radius 1 is 1.28 bits per heavy atom. The average Bonchev–Trinajstić information content (AvgIpc) is 3.41. The van der Waals surface area contributed by atoms with E-state index in [-0.39, 0.29) is 47.2 Å². The van der Waals surface area contributed by atoms with Crippen molar-refractivity contribution in [1.29, 1.82) is 0 Å². The summed E-state index contributed by atoms with van der Waals surface area (Å²) in [5.41, 5.74) is 6.92. The van der Waals surface area contributed by atoms with Crippen LogP contribution >= 0.6 is 0 Å². The fraction of sp³-hybridized carbons (Fsp3) is 0.433. The second-order valence-electron chi connectivity index (χ2n) is 10.9.